The second-order valence-corrected chi connectivity index (χ2v) is 7.59. The van der Waals surface area contributed by atoms with Gasteiger partial charge in [-0.1, -0.05) is 17.7 Å². The molecule has 0 spiro atoms. The number of rotatable bonds is 6. The lowest BCUT2D eigenvalue weighted by Crippen LogP contribution is -2.49. The van der Waals surface area contributed by atoms with Gasteiger partial charge in [-0.15, -0.1) is 0 Å². The fraction of sp³-hybridized carbons (Fsp3) is 0.261. The van der Waals surface area contributed by atoms with Crippen LogP contribution in [-0.4, -0.2) is 58.6 Å². The number of nitrogens with zero attached hydrogens (tertiary/aromatic N) is 4. The highest BCUT2D eigenvalue weighted by atomic mass is 35.5. The Hall–Kier alpha value is -3.16. The number of piperazine rings is 1. The summed E-state index contributed by atoms with van der Waals surface area (Å²) in [4.78, 5) is 25.0. The standard InChI is InChI=1S/C23H23ClN4O3/c24-18-4-9-22(26-17-18)30-20-5-7-21(8-6-20)31-23(29)28-15-13-27(14-16-28)12-10-19-3-1-2-11-25-19/h1-9,11,17H,10,12-16H2. The molecule has 0 radical (unpaired) electrons. The Morgan fingerprint density at radius 3 is 2.39 bits per heavy atom. The summed E-state index contributed by atoms with van der Waals surface area (Å²) in [5.41, 5.74) is 1.09. The zero-order valence-corrected chi connectivity index (χ0v) is 17.7. The summed E-state index contributed by atoms with van der Waals surface area (Å²) in [5, 5.41) is 0.545. The smallest absolute Gasteiger partial charge is 0.415 e. The maximum absolute atomic E-state index is 12.5. The molecule has 1 amide bonds. The monoisotopic (exact) mass is 438 g/mol. The van der Waals surface area contributed by atoms with Crippen LogP contribution < -0.4 is 9.47 Å². The Bertz CT molecular complexity index is 976. The van der Waals surface area contributed by atoms with Gasteiger partial charge in [0.1, 0.15) is 11.5 Å². The molecule has 1 saturated heterocycles. The van der Waals surface area contributed by atoms with Gasteiger partial charge in [-0.05, 0) is 42.5 Å². The second kappa shape index (κ2) is 10.2. The van der Waals surface area contributed by atoms with Crippen LogP contribution in [0.4, 0.5) is 4.79 Å². The Kier molecular flexibility index (Phi) is 6.96. The van der Waals surface area contributed by atoms with Crippen molar-refractivity contribution in [1.82, 2.24) is 19.8 Å². The molecule has 1 aromatic carbocycles. The highest BCUT2D eigenvalue weighted by Crippen LogP contribution is 2.23. The van der Waals surface area contributed by atoms with Crippen LogP contribution in [0, 0.1) is 0 Å². The average Bonchev–Trinajstić information content (AvgIpc) is 2.81. The fourth-order valence-corrected chi connectivity index (χ4v) is 3.37. The summed E-state index contributed by atoms with van der Waals surface area (Å²) in [6.07, 6.45) is 3.91. The summed E-state index contributed by atoms with van der Waals surface area (Å²) in [6.45, 7) is 3.87. The van der Waals surface area contributed by atoms with Gasteiger partial charge >= 0.3 is 6.09 Å². The number of carbonyl (C=O) groups is 1. The van der Waals surface area contributed by atoms with Gasteiger partial charge in [0, 0.05) is 63.3 Å². The van der Waals surface area contributed by atoms with Crippen molar-refractivity contribution in [1.29, 1.82) is 0 Å². The molecule has 3 aromatic rings. The van der Waals surface area contributed by atoms with E-state index < -0.39 is 0 Å². The van der Waals surface area contributed by atoms with Crippen molar-refractivity contribution in [3.05, 3.63) is 77.7 Å². The van der Waals surface area contributed by atoms with Gasteiger partial charge in [0.15, 0.2) is 0 Å². The predicted octanol–water partition coefficient (Wildman–Crippen LogP) is 4.28. The molecule has 160 valence electrons. The van der Waals surface area contributed by atoms with Crippen LogP contribution in [0.5, 0.6) is 17.4 Å². The predicted molar refractivity (Wildman–Crippen MR) is 118 cm³/mol. The number of hydrogen-bond acceptors (Lipinski definition) is 6. The van der Waals surface area contributed by atoms with E-state index in [0.717, 1.165) is 31.7 Å². The van der Waals surface area contributed by atoms with Crippen LogP contribution in [0.1, 0.15) is 5.69 Å². The van der Waals surface area contributed by atoms with E-state index in [1.165, 1.54) is 6.20 Å². The summed E-state index contributed by atoms with van der Waals surface area (Å²) >= 11 is 5.82. The van der Waals surface area contributed by atoms with Gasteiger partial charge in [-0.25, -0.2) is 9.78 Å². The first-order valence-corrected chi connectivity index (χ1v) is 10.5. The molecule has 3 heterocycles. The average molecular weight is 439 g/mol. The molecule has 7 nitrogen and oxygen atoms in total. The Morgan fingerprint density at radius 2 is 1.71 bits per heavy atom. The number of hydrogen-bond donors (Lipinski definition) is 0. The van der Waals surface area contributed by atoms with E-state index in [-0.39, 0.29) is 6.09 Å². The third-order valence-corrected chi connectivity index (χ3v) is 5.22. The fourth-order valence-electron chi connectivity index (χ4n) is 3.26. The van der Waals surface area contributed by atoms with Crippen molar-refractivity contribution < 1.29 is 14.3 Å². The molecule has 0 saturated carbocycles. The molecule has 0 atom stereocenters. The summed E-state index contributed by atoms with van der Waals surface area (Å²) < 4.78 is 11.2. The number of carbonyl (C=O) groups excluding carboxylic acids is 1. The first-order chi connectivity index (χ1) is 15.2. The zero-order valence-electron chi connectivity index (χ0n) is 17.0. The molecule has 31 heavy (non-hydrogen) atoms. The number of amides is 1. The second-order valence-electron chi connectivity index (χ2n) is 7.16. The lowest BCUT2D eigenvalue weighted by Gasteiger charge is -2.33. The first-order valence-electron chi connectivity index (χ1n) is 10.1. The largest absolute Gasteiger partial charge is 0.439 e. The molecule has 8 heteroatoms. The number of ether oxygens (including phenoxy) is 2. The van der Waals surface area contributed by atoms with Crippen LogP contribution in [0.15, 0.2) is 67.0 Å². The molecule has 0 bridgehead atoms. The van der Waals surface area contributed by atoms with Crippen molar-refractivity contribution in [2.75, 3.05) is 32.7 Å². The molecule has 0 N–H and O–H groups in total. The van der Waals surface area contributed by atoms with Crippen LogP contribution >= 0.6 is 11.6 Å². The maximum atomic E-state index is 12.5. The SMILES string of the molecule is O=C(Oc1ccc(Oc2ccc(Cl)cn2)cc1)N1CCN(CCc2ccccn2)CC1. The highest BCUT2D eigenvalue weighted by molar-refractivity contribution is 6.30. The number of halogens is 1. The molecule has 0 unspecified atom stereocenters. The van der Waals surface area contributed by atoms with Gasteiger partial charge in [-0.3, -0.25) is 9.88 Å². The third kappa shape index (κ3) is 6.16. The molecule has 2 aromatic heterocycles. The lowest BCUT2D eigenvalue weighted by atomic mass is 10.2. The van der Waals surface area contributed by atoms with Gasteiger partial charge < -0.3 is 14.4 Å². The van der Waals surface area contributed by atoms with Crippen LogP contribution in [0.2, 0.25) is 5.02 Å². The van der Waals surface area contributed by atoms with Crippen molar-refractivity contribution in [2.24, 2.45) is 0 Å². The Balaban J connectivity index is 1.22. The van der Waals surface area contributed by atoms with Gasteiger partial charge in [0.05, 0.1) is 5.02 Å². The normalized spacial score (nSPS) is 14.3. The lowest BCUT2D eigenvalue weighted by molar-refractivity contribution is 0.111. The summed E-state index contributed by atoms with van der Waals surface area (Å²) in [5.74, 6) is 1.50. The minimum Gasteiger partial charge on any atom is -0.439 e. The van der Waals surface area contributed by atoms with Gasteiger partial charge in [-0.2, -0.15) is 0 Å². The Morgan fingerprint density at radius 1 is 0.935 bits per heavy atom. The quantitative estimate of drug-likeness (QED) is 0.572. The molecule has 1 fully saturated rings. The molecule has 4 rings (SSSR count). The zero-order chi connectivity index (χ0) is 21.5. The van der Waals surface area contributed by atoms with Crippen LogP contribution in [0.3, 0.4) is 0 Å². The third-order valence-electron chi connectivity index (χ3n) is 4.99. The number of aromatic nitrogens is 2. The minimum absolute atomic E-state index is 0.336. The van der Waals surface area contributed by atoms with E-state index >= 15 is 0 Å². The molecular weight excluding hydrogens is 416 g/mol. The van der Waals surface area contributed by atoms with E-state index in [9.17, 15) is 4.79 Å². The number of pyridine rings is 2. The van der Waals surface area contributed by atoms with Crippen LogP contribution in [-0.2, 0) is 6.42 Å². The van der Waals surface area contributed by atoms with Crippen molar-refractivity contribution >= 4 is 17.7 Å². The van der Waals surface area contributed by atoms with E-state index in [4.69, 9.17) is 21.1 Å². The molecule has 0 aliphatic carbocycles. The van der Waals surface area contributed by atoms with Crippen molar-refractivity contribution in [3.8, 4) is 17.4 Å². The van der Waals surface area contributed by atoms with Crippen molar-refractivity contribution in [3.63, 3.8) is 0 Å². The topological polar surface area (TPSA) is 67.8 Å². The van der Waals surface area contributed by atoms with Crippen LogP contribution in [0.25, 0.3) is 0 Å². The highest BCUT2D eigenvalue weighted by Gasteiger charge is 2.22. The minimum atomic E-state index is -0.336. The van der Waals surface area contributed by atoms with Gasteiger partial charge in [0.25, 0.3) is 0 Å². The first kappa shape index (κ1) is 21.1. The van der Waals surface area contributed by atoms with E-state index in [0.29, 0.717) is 35.5 Å². The van der Waals surface area contributed by atoms with E-state index in [1.54, 1.807) is 41.3 Å². The van der Waals surface area contributed by atoms with Gasteiger partial charge in [0.2, 0.25) is 5.88 Å². The van der Waals surface area contributed by atoms with E-state index in [2.05, 4.69) is 14.9 Å². The molecule has 1 aliphatic heterocycles. The molecular formula is C23H23ClN4O3. The summed E-state index contributed by atoms with van der Waals surface area (Å²) in [6, 6.07) is 16.2. The van der Waals surface area contributed by atoms with Crippen molar-refractivity contribution in [2.45, 2.75) is 6.42 Å². The van der Waals surface area contributed by atoms with E-state index in [1.807, 2.05) is 24.4 Å². The summed E-state index contributed by atoms with van der Waals surface area (Å²) in [7, 11) is 0. The molecule has 1 aliphatic rings. The maximum Gasteiger partial charge on any atom is 0.415 e. The Labute approximate surface area is 186 Å². The number of benzene rings is 1.